The van der Waals surface area contributed by atoms with Crippen molar-refractivity contribution in [2.24, 2.45) is 0 Å². The fraction of sp³-hybridized carbons (Fsp3) is 0.111. The molecule has 0 bridgehead atoms. The maximum absolute atomic E-state index is 13.5. The van der Waals surface area contributed by atoms with Crippen LogP contribution in [0.4, 0.5) is 5.69 Å². The Hall–Kier alpha value is -3.54. The summed E-state index contributed by atoms with van der Waals surface area (Å²) in [7, 11) is 0. The zero-order valence-electron chi connectivity index (χ0n) is 18.2. The third-order valence-electron chi connectivity index (χ3n) is 5.24. The highest BCUT2D eigenvalue weighted by Crippen LogP contribution is 2.26. The minimum atomic E-state index is -0.241. The highest BCUT2D eigenvalue weighted by atomic mass is 35.5. The number of anilines is 1. The molecular weight excluding hydrogens is 471 g/mol. The molecule has 0 aliphatic carbocycles. The Balaban J connectivity index is 1.52. The lowest BCUT2D eigenvalue weighted by Gasteiger charge is -2.24. The largest absolute Gasteiger partial charge is 0.467 e. The van der Waals surface area contributed by atoms with Gasteiger partial charge in [-0.25, -0.2) is 0 Å². The van der Waals surface area contributed by atoms with Gasteiger partial charge >= 0.3 is 0 Å². The SMILES string of the molecule is O=C(Cc1ccc(N(Cc2ccccc2)C(=O)c2ccc(Cl)cc2Cl)cc1)NCc1ccco1. The molecule has 0 spiro atoms. The molecule has 172 valence electrons. The van der Waals surface area contributed by atoms with Gasteiger partial charge in [0.05, 0.1) is 36.4 Å². The summed E-state index contributed by atoms with van der Waals surface area (Å²) in [6, 6.07) is 25.5. The summed E-state index contributed by atoms with van der Waals surface area (Å²) in [5, 5.41) is 3.59. The molecule has 3 aromatic carbocycles. The van der Waals surface area contributed by atoms with E-state index in [2.05, 4.69) is 5.32 Å². The van der Waals surface area contributed by atoms with Gasteiger partial charge < -0.3 is 14.6 Å². The molecule has 5 nitrogen and oxygen atoms in total. The normalized spacial score (nSPS) is 10.6. The van der Waals surface area contributed by atoms with Gasteiger partial charge in [-0.05, 0) is 53.6 Å². The lowest BCUT2D eigenvalue weighted by Crippen LogP contribution is -2.30. The van der Waals surface area contributed by atoms with E-state index in [9.17, 15) is 9.59 Å². The van der Waals surface area contributed by atoms with Gasteiger partial charge in [-0.15, -0.1) is 0 Å². The third kappa shape index (κ3) is 6.07. The molecule has 7 heteroatoms. The van der Waals surface area contributed by atoms with Crippen LogP contribution in [0.15, 0.2) is 95.6 Å². The van der Waals surface area contributed by atoms with Crippen LogP contribution in [0, 0.1) is 0 Å². The quantitative estimate of drug-likeness (QED) is 0.314. The van der Waals surface area contributed by atoms with Gasteiger partial charge in [0.1, 0.15) is 5.76 Å². The molecule has 0 saturated carbocycles. The summed E-state index contributed by atoms with van der Waals surface area (Å²) < 4.78 is 5.23. The molecule has 0 aliphatic heterocycles. The second kappa shape index (κ2) is 11.1. The number of nitrogens with zero attached hydrogens (tertiary/aromatic N) is 1. The van der Waals surface area contributed by atoms with Crippen LogP contribution in [-0.2, 0) is 24.3 Å². The highest BCUT2D eigenvalue weighted by molar-refractivity contribution is 6.37. The molecule has 1 aromatic heterocycles. The Morgan fingerprint density at radius 3 is 2.29 bits per heavy atom. The fourth-order valence-electron chi connectivity index (χ4n) is 3.50. The number of amides is 2. The molecule has 4 aromatic rings. The Morgan fingerprint density at radius 2 is 1.62 bits per heavy atom. The highest BCUT2D eigenvalue weighted by Gasteiger charge is 2.21. The summed E-state index contributed by atoms with van der Waals surface area (Å²) in [5.74, 6) is 0.336. The van der Waals surface area contributed by atoms with Gasteiger partial charge in [0.25, 0.3) is 5.91 Å². The van der Waals surface area contributed by atoms with E-state index < -0.39 is 0 Å². The van der Waals surface area contributed by atoms with E-state index >= 15 is 0 Å². The summed E-state index contributed by atoms with van der Waals surface area (Å²) in [4.78, 5) is 27.4. The molecule has 4 rings (SSSR count). The number of rotatable bonds is 8. The zero-order valence-corrected chi connectivity index (χ0v) is 19.7. The van der Waals surface area contributed by atoms with Gasteiger partial charge in [0, 0.05) is 10.7 Å². The van der Waals surface area contributed by atoms with Gasteiger partial charge in [-0.3, -0.25) is 9.59 Å². The van der Waals surface area contributed by atoms with E-state index in [-0.39, 0.29) is 18.2 Å². The molecule has 0 aliphatic rings. The van der Waals surface area contributed by atoms with Crippen molar-refractivity contribution in [3.63, 3.8) is 0 Å². The van der Waals surface area contributed by atoms with Crippen molar-refractivity contribution in [2.75, 3.05) is 4.90 Å². The van der Waals surface area contributed by atoms with Crippen LogP contribution in [0.1, 0.15) is 27.2 Å². The molecule has 1 heterocycles. The average Bonchev–Trinajstić information content (AvgIpc) is 3.36. The van der Waals surface area contributed by atoms with Crippen molar-refractivity contribution in [1.29, 1.82) is 0 Å². The van der Waals surface area contributed by atoms with Crippen LogP contribution < -0.4 is 10.2 Å². The monoisotopic (exact) mass is 492 g/mol. The first-order chi connectivity index (χ1) is 16.5. The first-order valence-corrected chi connectivity index (χ1v) is 11.4. The Labute approximate surface area is 207 Å². The number of hydrogen-bond acceptors (Lipinski definition) is 3. The topological polar surface area (TPSA) is 62.6 Å². The average molecular weight is 493 g/mol. The molecule has 34 heavy (non-hydrogen) atoms. The van der Waals surface area contributed by atoms with Gasteiger partial charge in [-0.2, -0.15) is 0 Å². The second-order valence-electron chi connectivity index (χ2n) is 7.70. The van der Waals surface area contributed by atoms with Crippen LogP contribution in [0.3, 0.4) is 0 Å². The van der Waals surface area contributed by atoms with Crippen molar-refractivity contribution in [2.45, 2.75) is 19.5 Å². The lowest BCUT2D eigenvalue weighted by atomic mass is 10.1. The second-order valence-corrected chi connectivity index (χ2v) is 8.54. The number of carbonyl (C=O) groups excluding carboxylic acids is 2. The molecular formula is C27H22Cl2N2O3. The molecule has 0 atom stereocenters. The van der Waals surface area contributed by atoms with Crippen molar-refractivity contribution in [1.82, 2.24) is 5.32 Å². The number of benzene rings is 3. The summed E-state index contributed by atoms with van der Waals surface area (Å²) in [5.41, 5.74) is 2.86. The van der Waals surface area contributed by atoms with E-state index in [4.69, 9.17) is 27.6 Å². The third-order valence-corrected chi connectivity index (χ3v) is 5.79. The fourth-order valence-corrected chi connectivity index (χ4v) is 3.98. The number of hydrogen-bond donors (Lipinski definition) is 1. The smallest absolute Gasteiger partial charge is 0.260 e. The van der Waals surface area contributed by atoms with E-state index in [1.54, 1.807) is 41.5 Å². The summed E-state index contributed by atoms with van der Waals surface area (Å²) in [6.45, 7) is 0.701. The number of nitrogens with one attached hydrogen (secondary N) is 1. The first-order valence-electron chi connectivity index (χ1n) is 10.7. The first kappa shape index (κ1) is 23.6. The van der Waals surface area contributed by atoms with Crippen molar-refractivity contribution < 1.29 is 14.0 Å². The van der Waals surface area contributed by atoms with E-state index in [0.29, 0.717) is 40.1 Å². The Morgan fingerprint density at radius 1 is 0.853 bits per heavy atom. The molecule has 0 fully saturated rings. The van der Waals surface area contributed by atoms with Crippen molar-refractivity contribution in [3.8, 4) is 0 Å². The van der Waals surface area contributed by atoms with Crippen LogP contribution >= 0.6 is 23.2 Å². The standard InChI is InChI=1S/C27H22Cl2N2O3/c28-21-10-13-24(25(29)16-21)27(33)31(18-20-5-2-1-3-6-20)22-11-8-19(9-12-22)15-26(32)30-17-23-7-4-14-34-23/h1-14,16H,15,17-18H2,(H,30,32). The lowest BCUT2D eigenvalue weighted by molar-refractivity contribution is -0.120. The summed E-state index contributed by atoms with van der Waals surface area (Å²) >= 11 is 12.3. The van der Waals surface area contributed by atoms with E-state index in [0.717, 1.165) is 11.1 Å². The minimum Gasteiger partial charge on any atom is -0.467 e. The Bertz CT molecular complexity index is 1260. The van der Waals surface area contributed by atoms with Crippen LogP contribution in [0.2, 0.25) is 10.0 Å². The maximum Gasteiger partial charge on any atom is 0.260 e. The van der Waals surface area contributed by atoms with Crippen molar-refractivity contribution >= 4 is 40.7 Å². The van der Waals surface area contributed by atoms with E-state index in [1.165, 1.54) is 0 Å². The molecule has 0 unspecified atom stereocenters. The zero-order chi connectivity index (χ0) is 23.9. The molecule has 0 radical (unpaired) electrons. The summed E-state index contributed by atoms with van der Waals surface area (Å²) in [6.07, 6.45) is 1.79. The predicted octanol–water partition coefficient (Wildman–Crippen LogP) is 6.29. The molecule has 1 N–H and O–H groups in total. The number of carbonyl (C=O) groups is 2. The van der Waals surface area contributed by atoms with Crippen LogP contribution in [0.25, 0.3) is 0 Å². The predicted molar refractivity (Wildman–Crippen MR) is 134 cm³/mol. The van der Waals surface area contributed by atoms with Crippen LogP contribution in [-0.4, -0.2) is 11.8 Å². The Kier molecular flexibility index (Phi) is 7.68. The molecule has 2 amide bonds. The maximum atomic E-state index is 13.5. The van der Waals surface area contributed by atoms with Gasteiger partial charge in [0.15, 0.2) is 0 Å². The van der Waals surface area contributed by atoms with Crippen molar-refractivity contribution in [3.05, 3.63) is 124 Å². The number of halogens is 2. The van der Waals surface area contributed by atoms with E-state index in [1.807, 2.05) is 54.6 Å². The minimum absolute atomic E-state index is 0.116. The van der Waals surface area contributed by atoms with Gasteiger partial charge in [0.2, 0.25) is 5.91 Å². The van der Waals surface area contributed by atoms with Crippen LogP contribution in [0.5, 0.6) is 0 Å². The van der Waals surface area contributed by atoms with Gasteiger partial charge in [-0.1, -0.05) is 65.7 Å². The number of furan rings is 1. The molecule has 0 saturated heterocycles.